The molecule has 0 saturated carbocycles. The summed E-state index contributed by atoms with van der Waals surface area (Å²) >= 11 is 3.35. The van der Waals surface area contributed by atoms with Gasteiger partial charge in [-0.15, -0.1) is 5.10 Å². The van der Waals surface area contributed by atoms with Crippen LogP contribution in [-0.2, 0) is 0 Å². The van der Waals surface area contributed by atoms with Gasteiger partial charge in [0, 0.05) is 18.9 Å². The zero-order valence-corrected chi connectivity index (χ0v) is 12.9. The van der Waals surface area contributed by atoms with E-state index in [1.54, 1.807) is 6.07 Å². The quantitative estimate of drug-likeness (QED) is 0.839. The second-order valence-corrected chi connectivity index (χ2v) is 5.60. The van der Waals surface area contributed by atoms with Crippen LogP contribution in [0.25, 0.3) is 0 Å². The Morgan fingerprint density at radius 3 is 2.84 bits per heavy atom. The normalized spacial score (nSPS) is 11.1. The number of aryl methyl sites for hydroxylation is 1. The number of carbonyl (C=O) groups excluding carboxylic acids is 1. The van der Waals surface area contributed by atoms with Crippen LogP contribution in [0.5, 0.6) is 5.88 Å². The molecule has 8 heteroatoms. The lowest BCUT2D eigenvalue weighted by atomic mass is 10.2. The molecule has 1 heterocycles. The van der Waals surface area contributed by atoms with E-state index in [9.17, 15) is 9.90 Å². The van der Waals surface area contributed by atoms with Crippen molar-refractivity contribution in [2.75, 3.05) is 12.0 Å². The highest BCUT2D eigenvalue weighted by Crippen LogP contribution is 2.24. The van der Waals surface area contributed by atoms with Crippen LogP contribution in [0.15, 0.2) is 22.7 Å². The standard InChI is InChI=1S/C11H12BrN4O2P/c1-6-5-7(12)3-4-8(6)13-10(17)9-11(18)16(19-2)15-14-9/h3-5,18-19H,1-2H3,(H,13,17). The topological polar surface area (TPSA) is 80.0 Å². The summed E-state index contributed by atoms with van der Waals surface area (Å²) in [5, 5.41) is 19.8. The Hall–Kier alpha value is -1.46. The van der Waals surface area contributed by atoms with E-state index in [4.69, 9.17) is 0 Å². The number of aromatic hydroxyl groups is 1. The summed E-state index contributed by atoms with van der Waals surface area (Å²) in [6.07, 6.45) is 0. The number of aromatic nitrogens is 3. The second-order valence-electron chi connectivity index (χ2n) is 3.81. The van der Waals surface area contributed by atoms with Gasteiger partial charge in [-0.05, 0) is 37.4 Å². The minimum Gasteiger partial charge on any atom is -0.492 e. The predicted molar refractivity (Wildman–Crippen MR) is 78.2 cm³/mol. The molecule has 1 unspecified atom stereocenters. The first-order chi connectivity index (χ1) is 9.02. The molecule has 0 fully saturated rings. The molecule has 0 radical (unpaired) electrons. The molecule has 2 N–H and O–H groups in total. The van der Waals surface area contributed by atoms with E-state index >= 15 is 0 Å². The lowest BCUT2D eigenvalue weighted by Gasteiger charge is -2.07. The van der Waals surface area contributed by atoms with Crippen LogP contribution in [0.1, 0.15) is 16.1 Å². The number of nitrogens with one attached hydrogen (secondary N) is 1. The molecule has 0 aliphatic carbocycles. The maximum Gasteiger partial charge on any atom is 0.281 e. The van der Waals surface area contributed by atoms with E-state index in [0.29, 0.717) is 5.69 Å². The highest BCUT2D eigenvalue weighted by atomic mass is 79.9. The summed E-state index contributed by atoms with van der Waals surface area (Å²) in [7, 11) is 0.213. The number of hydrogen-bond donors (Lipinski definition) is 2. The van der Waals surface area contributed by atoms with E-state index in [1.165, 1.54) is 4.45 Å². The molecule has 0 aliphatic rings. The summed E-state index contributed by atoms with van der Waals surface area (Å²) in [5.41, 5.74) is 1.50. The zero-order chi connectivity index (χ0) is 14.0. The molecule has 1 aromatic carbocycles. The Morgan fingerprint density at radius 1 is 1.53 bits per heavy atom. The maximum absolute atomic E-state index is 12.0. The smallest absolute Gasteiger partial charge is 0.281 e. The van der Waals surface area contributed by atoms with Crippen molar-refractivity contribution < 1.29 is 9.90 Å². The van der Waals surface area contributed by atoms with Crippen LogP contribution >= 0.6 is 24.7 Å². The van der Waals surface area contributed by atoms with E-state index in [2.05, 4.69) is 31.6 Å². The number of hydrogen-bond acceptors (Lipinski definition) is 4. The average molecular weight is 343 g/mol. The Labute approximate surface area is 120 Å². The minimum absolute atomic E-state index is 0.0725. The number of benzene rings is 1. The third-order valence-corrected chi connectivity index (χ3v) is 3.73. The Balaban J connectivity index is 2.23. The van der Waals surface area contributed by atoms with E-state index in [1.807, 2.05) is 25.7 Å². The summed E-state index contributed by atoms with van der Waals surface area (Å²) in [5.74, 6) is -0.694. The molecular formula is C11H12BrN4O2P. The maximum atomic E-state index is 12.0. The highest BCUT2D eigenvalue weighted by molar-refractivity contribution is 9.10. The fourth-order valence-electron chi connectivity index (χ4n) is 1.52. The molecule has 6 nitrogen and oxygen atoms in total. The first-order valence-electron chi connectivity index (χ1n) is 5.43. The van der Waals surface area contributed by atoms with Crippen molar-refractivity contribution in [3.63, 3.8) is 0 Å². The molecule has 1 amide bonds. The van der Waals surface area contributed by atoms with Crippen LogP contribution < -0.4 is 5.32 Å². The summed E-state index contributed by atoms with van der Waals surface area (Å²) in [6.45, 7) is 3.71. The number of nitrogens with zero attached hydrogens (tertiary/aromatic N) is 3. The molecule has 0 saturated heterocycles. The van der Waals surface area contributed by atoms with E-state index in [-0.39, 0.29) is 20.3 Å². The fourth-order valence-corrected chi connectivity index (χ4v) is 2.45. The van der Waals surface area contributed by atoms with Gasteiger partial charge in [-0.25, -0.2) is 0 Å². The monoisotopic (exact) mass is 342 g/mol. The third kappa shape index (κ3) is 2.93. The highest BCUT2D eigenvalue weighted by Gasteiger charge is 2.19. The molecule has 2 aromatic rings. The van der Waals surface area contributed by atoms with Crippen molar-refractivity contribution in [3.05, 3.63) is 33.9 Å². The van der Waals surface area contributed by atoms with Gasteiger partial charge in [0.15, 0.2) is 0 Å². The molecule has 0 spiro atoms. The van der Waals surface area contributed by atoms with Gasteiger partial charge >= 0.3 is 0 Å². The molecular weight excluding hydrogens is 331 g/mol. The van der Waals surface area contributed by atoms with Crippen LogP contribution in [-0.4, -0.2) is 32.4 Å². The Morgan fingerprint density at radius 2 is 2.26 bits per heavy atom. The van der Waals surface area contributed by atoms with Gasteiger partial charge in [0.2, 0.25) is 11.6 Å². The van der Waals surface area contributed by atoms with Gasteiger partial charge in [0.1, 0.15) is 0 Å². The van der Waals surface area contributed by atoms with Crippen molar-refractivity contribution in [2.45, 2.75) is 6.92 Å². The zero-order valence-electron chi connectivity index (χ0n) is 10.3. The number of anilines is 1. The average Bonchev–Trinajstić information content (AvgIpc) is 2.74. The van der Waals surface area contributed by atoms with Crippen molar-refractivity contribution >= 4 is 36.3 Å². The largest absolute Gasteiger partial charge is 0.492 e. The van der Waals surface area contributed by atoms with Gasteiger partial charge in [-0.3, -0.25) is 4.79 Å². The van der Waals surface area contributed by atoms with Crippen molar-refractivity contribution in [3.8, 4) is 5.88 Å². The first kappa shape index (κ1) is 14.0. The number of carbonyl (C=O) groups is 1. The molecule has 19 heavy (non-hydrogen) atoms. The second kappa shape index (κ2) is 5.67. The minimum atomic E-state index is -0.479. The van der Waals surface area contributed by atoms with Crippen molar-refractivity contribution in [1.82, 2.24) is 14.8 Å². The molecule has 0 bridgehead atoms. The van der Waals surface area contributed by atoms with Gasteiger partial charge in [0.05, 0.1) is 0 Å². The van der Waals surface area contributed by atoms with Crippen molar-refractivity contribution in [2.24, 2.45) is 0 Å². The van der Waals surface area contributed by atoms with Crippen LogP contribution in [0.3, 0.4) is 0 Å². The molecule has 100 valence electrons. The Bertz CT molecular complexity index is 629. The lowest BCUT2D eigenvalue weighted by Crippen LogP contribution is -2.13. The van der Waals surface area contributed by atoms with Gasteiger partial charge in [-0.1, -0.05) is 21.1 Å². The van der Waals surface area contributed by atoms with Crippen LogP contribution in [0.4, 0.5) is 5.69 Å². The third-order valence-electron chi connectivity index (χ3n) is 2.51. The molecule has 1 atom stereocenters. The van der Waals surface area contributed by atoms with Gasteiger partial charge in [0.25, 0.3) is 5.91 Å². The summed E-state index contributed by atoms with van der Waals surface area (Å²) < 4.78 is 2.22. The van der Waals surface area contributed by atoms with Crippen molar-refractivity contribution in [1.29, 1.82) is 0 Å². The molecule has 2 rings (SSSR count). The lowest BCUT2D eigenvalue weighted by molar-refractivity contribution is 0.101. The fraction of sp³-hybridized carbons (Fsp3) is 0.182. The summed E-state index contributed by atoms with van der Waals surface area (Å²) in [6, 6.07) is 5.49. The summed E-state index contributed by atoms with van der Waals surface area (Å²) in [4.78, 5) is 12.0. The molecule has 0 aliphatic heterocycles. The van der Waals surface area contributed by atoms with Crippen LogP contribution in [0, 0.1) is 6.92 Å². The van der Waals surface area contributed by atoms with E-state index < -0.39 is 5.91 Å². The van der Waals surface area contributed by atoms with E-state index in [0.717, 1.165) is 10.0 Å². The Kier molecular flexibility index (Phi) is 4.17. The number of halogens is 1. The SMILES string of the molecule is CPn1nnc(C(=O)Nc2ccc(Br)cc2C)c1O. The van der Waals surface area contributed by atoms with Gasteiger partial charge in [-0.2, -0.15) is 4.45 Å². The van der Waals surface area contributed by atoms with Crippen LogP contribution in [0.2, 0.25) is 0 Å². The predicted octanol–water partition coefficient (Wildman–Crippen LogP) is 2.38. The first-order valence-corrected chi connectivity index (χ1v) is 7.67. The van der Waals surface area contributed by atoms with Gasteiger partial charge < -0.3 is 10.4 Å². The molecule has 1 aromatic heterocycles. The number of amides is 1. The number of rotatable bonds is 3.